The molecule has 0 saturated heterocycles. The van der Waals surface area contributed by atoms with Gasteiger partial charge >= 0.3 is 0 Å². The highest BCUT2D eigenvalue weighted by Crippen LogP contribution is 2.38. The number of benzene rings is 2. The third-order valence-electron chi connectivity index (χ3n) is 3.83. The summed E-state index contributed by atoms with van der Waals surface area (Å²) in [4.78, 5) is 12.5. The molecule has 0 radical (unpaired) electrons. The molecule has 0 spiro atoms. The highest BCUT2D eigenvalue weighted by Gasteiger charge is 2.17. The van der Waals surface area contributed by atoms with Crippen LogP contribution >= 0.6 is 0 Å². The summed E-state index contributed by atoms with van der Waals surface area (Å²) in [6.45, 7) is 0.329. The molecule has 2 aromatic carbocycles. The molecule has 1 N–H and O–H groups in total. The highest BCUT2D eigenvalue weighted by molar-refractivity contribution is 5.95. The quantitative estimate of drug-likeness (QED) is 0.779. The molecule has 2 rings (SSSR count). The van der Waals surface area contributed by atoms with Crippen LogP contribution in [0.15, 0.2) is 30.3 Å². The first-order chi connectivity index (χ1) is 12.6. The molecule has 7 heteroatoms. The molecule has 0 aliphatic rings. The maximum Gasteiger partial charge on any atom is 0.251 e. The number of methoxy groups -OCH3 is 5. The van der Waals surface area contributed by atoms with Gasteiger partial charge in [-0.3, -0.25) is 4.79 Å². The predicted octanol–water partition coefficient (Wildman–Crippen LogP) is 2.66. The molecular formula is C19H23NO6. The fourth-order valence-electron chi connectivity index (χ4n) is 2.49. The summed E-state index contributed by atoms with van der Waals surface area (Å²) in [5.74, 6) is 2.25. The zero-order valence-electron chi connectivity index (χ0n) is 15.5. The van der Waals surface area contributed by atoms with Crippen molar-refractivity contribution in [2.45, 2.75) is 6.54 Å². The van der Waals surface area contributed by atoms with Crippen LogP contribution in [0.25, 0.3) is 0 Å². The number of hydrogen-bond donors (Lipinski definition) is 1. The minimum atomic E-state index is -0.265. The number of nitrogens with one attached hydrogen (secondary N) is 1. The van der Waals surface area contributed by atoms with Gasteiger partial charge in [-0.2, -0.15) is 0 Å². The first-order valence-electron chi connectivity index (χ1n) is 7.87. The molecule has 2 aromatic rings. The van der Waals surface area contributed by atoms with Crippen molar-refractivity contribution < 1.29 is 28.5 Å². The van der Waals surface area contributed by atoms with Gasteiger partial charge in [0.1, 0.15) is 0 Å². The zero-order valence-corrected chi connectivity index (χ0v) is 15.5. The van der Waals surface area contributed by atoms with Gasteiger partial charge in [-0.15, -0.1) is 0 Å². The van der Waals surface area contributed by atoms with E-state index >= 15 is 0 Å². The van der Waals surface area contributed by atoms with Crippen molar-refractivity contribution in [1.29, 1.82) is 0 Å². The molecule has 0 aliphatic carbocycles. The molecule has 0 unspecified atom stereocenters. The molecule has 0 aliphatic heterocycles. The Kier molecular flexibility index (Phi) is 6.54. The van der Waals surface area contributed by atoms with Crippen LogP contribution in [0.1, 0.15) is 15.9 Å². The minimum Gasteiger partial charge on any atom is -0.493 e. The SMILES string of the molecule is COc1ccc(CNC(=O)c2cc(OC)c(OC)c(OC)c2)cc1OC. The molecule has 0 atom stereocenters. The van der Waals surface area contributed by atoms with E-state index in [2.05, 4.69) is 5.32 Å². The maximum atomic E-state index is 12.5. The third kappa shape index (κ3) is 4.11. The molecule has 0 aromatic heterocycles. The van der Waals surface area contributed by atoms with E-state index in [1.54, 1.807) is 32.4 Å². The Bertz CT molecular complexity index is 750. The van der Waals surface area contributed by atoms with E-state index < -0.39 is 0 Å². The van der Waals surface area contributed by atoms with Crippen LogP contribution in [0.4, 0.5) is 0 Å². The number of hydrogen-bond acceptors (Lipinski definition) is 6. The van der Waals surface area contributed by atoms with Crippen molar-refractivity contribution in [2.24, 2.45) is 0 Å². The average molecular weight is 361 g/mol. The summed E-state index contributed by atoms with van der Waals surface area (Å²) >= 11 is 0. The molecule has 26 heavy (non-hydrogen) atoms. The predicted molar refractivity (Wildman–Crippen MR) is 96.8 cm³/mol. The van der Waals surface area contributed by atoms with Crippen LogP contribution in [-0.2, 0) is 6.54 Å². The second-order valence-electron chi connectivity index (χ2n) is 5.29. The fourth-order valence-corrected chi connectivity index (χ4v) is 2.49. The van der Waals surface area contributed by atoms with Crippen LogP contribution in [0.2, 0.25) is 0 Å². The van der Waals surface area contributed by atoms with Crippen molar-refractivity contribution in [3.8, 4) is 28.7 Å². The van der Waals surface area contributed by atoms with E-state index in [0.717, 1.165) is 5.56 Å². The average Bonchev–Trinajstić information content (AvgIpc) is 2.70. The first-order valence-corrected chi connectivity index (χ1v) is 7.87. The lowest BCUT2D eigenvalue weighted by molar-refractivity contribution is 0.0950. The summed E-state index contributed by atoms with van der Waals surface area (Å²) in [6.07, 6.45) is 0. The van der Waals surface area contributed by atoms with Gasteiger partial charge in [0, 0.05) is 12.1 Å². The van der Waals surface area contributed by atoms with Crippen LogP contribution < -0.4 is 29.0 Å². The van der Waals surface area contributed by atoms with Gasteiger partial charge in [0.25, 0.3) is 5.91 Å². The molecule has 7 nitrogen and oxygen atoms in total. The van der Waals surface area contributed by atoms with Gasteiger partial charge < -0.3 is 29.0 Å². The van der Waals surface area contributed by atoms with Crippen molar-refractivity contribution in [1.82, 2.24) is 5.32 Å². The Morgan fingerprint density at radius 1 is 0.769 bits per heavy atom. The van der Waals surface area contributed by atoms with Crippen LogP contribution in [0.3, 0.4) is 0 Å². The number of carbonyl (C=O) groups excluding carboxylic acids is 1. The van der Waals surface area contributed by atoms with E-state index in [1.165, 1.54) is 21.3 Å². The summed E-state index contributed by atoms with van der Waals surface area (Å²) < 4.78 is 26.3. The van der Waals surface area contributed by atoms with Crippen molar-refractivity contribution in [3.63, 3.8) is 0 Å². The summed E-state index contributed by atoms with van der Waals surface area (Å²) in [7, 11) is 7.66. The summed E-state index contributed by atoms with van der Waals surface area (Å²) in [5.41, 5.74) is 1.28. The molecule has 1 amide bonds. The molecule has 0 heterocycles. The Hall–Kier alpha value is -3.09. The van der Waals surface area contributed by atoms with Gasteiger partial charge in [0.15, 0.2) is 23.0 Å². The third-order valence-corrected chi connectivity index (χ3v) is 3.83. The minimum absolute atomic E-state index is 0.265. The Balaban J connectivity index is 2.17. The van der Waals surface area contributed by atoms with Crippen molar-refractivity contribution in [2.75, 3.05) is 35.5 Å². The lowest BCUT2D eigenvalue weighted by atomic mass is 10.1. The van der Waals surface area contributed by atoms with Crippen molar-refractivity contribution >= 4 is 5.91 Å². The van der Waals surface area contributed by atoms with Crippen LogP contribution in [0.5, 0.6) is 28.7 Å². The highest BCUT2D eigenvalue weighted by atomic mass is 16.5. The monoisotopic (exact) mass is 361 g/mol. The topological polar surface area (TPSA) is 75.3 Å². The van der Waals surface area contributed by atoms with E-state index in [9.17, 15) is 4.79 Å². The Morgan fingerprint density at radius 2 is 1.35 bits per heavy atom. The number of ether oxygens (including phenoxy) is 5. The van der Waals surface area contributed by atoms with Gasteiger partial charge in [0.2, 0.25) is 5.75 Å². The number of rotatable bonds is 8. The van der Waals surface area contributed by atoms with E-state index in [0.29, 0.717) is 40.9 Å². The normalized spacial score (nSPS) is 10.0. The zero-order chi connectivity index (χ0) is 19.1. The van der Waals surface area contributed by atoms with Gasteiger partial charge in [0.05, 0.1) is 35.5 Å². The Labute approximate surface area is 152 Å². The molecule has 0 bridgehead atoms. The standard InChI is InChI=1S/C19H23NO6/c1-22-14-7-6-12(8-15(14)23-2)11-20-19(21)13-9-16(24-3)18(26-5)17(10-13)25-4/h6-10H,11H2,1-5H3,(H,20,21). The lowest BCUT2D eigenvalue weighted by Crippen LogP contribution is -2.23. The van der Waals surface area contributed by atoms with E-state index in [4.69, 9.17) is 23.7 Å². The van der Waals surface area contributed by atoms with Crippen molar-refractivity contribution in [3.05, 3.63) is 41.5 Å². The smallest absolute Gasteiger partial charge is 0.251 e. The summed E-state index contributed by atoms with van der Waals surface area (Å²) in [5, 5.41) is 2.86. The Morgan fingerprint density at radius 3 is 1.85 bits per heavy atom. The van der Waals surface area contributed by atoms with Gasteiger partial charge in [-0.1, -0.05) is 6.07 Å². The summed E-state index contributed by atoms with van der Waals surface area (Å²) in [6, 6.07) is 8.67. The number of amides is 1. The number of carbonyl (C=O) groups is 1. The molecule has 0 saturated carbocycles. The molecule has 0 fully saturated rings. The van der Waals surface area contributed by atoms with E-state index in [1.807, 2.05) is 12.1 Å². The van der Waals surface area contributed by atoms with Gasteiger partial charge in [-0.25, -0.2) is 0 Å². The van der Waals surface area contributed by atoms with Crippen LogP contribution in [-0.4, -0.2) is 41.5 Å². The molecular weight excluding hydrogens is 338 g/mol. The second-order valence-corrected chi connectivity index (χ2v) is 5.29. The second kappa shape index (κ2) is 8.84. The first kappa shape index (κ1) is 19.2. The lowest BCUT2D eigenvalue weighted by Gasteiger charge is -2.14. The maximum absolute atomic E-state index is 12.5. The fraction of sp³-hybridized carbons (Fsp3) is 0.316. The van der Waals surface area contributed by atoms with E-state index in [-0.39, 0.29) is 5.91 Å². The van der Waals surface area contributed by atoms with Crippen LogP contribution in [0, 0.1) is 0 Å². The molecule has 140 valence electrons. The van der Waals surface area contributed by atoms with Gasteiger partial charge in [-0.05, 0) is 29.8 Å². The largest absolute Gasteiger partial charge is 0.493 e.